The summed E-state index contributed by atoms with van der Waals surface area (Å²) in [6, 6.07) is 15.5. The first-order chi connectivity index (χ1) is 12.5. The van der Waals surface area contributed by atoms with Crippen LogP contribution >= 0.6 is 15.9 Å². The van der Waals surface area contributed by atoms with Gasteiger partial charge in [-0.3, -0.25) is 4.79 Å². The molecule has 0 aliphatic heterocycles. The molecule has 4 nitrogen and oxygen atoms in total. The predicted octanol–water partition coefficient (Wildman–Crippen LogP) is 4.79. The molecule has 0 heterocycles. The van der Waals surface area contributed by atoms with Gasteiger partial charge in [0, 0.05) is 9.88 Å². The number of hydrogen-bond acceptors (Lipinski definition) is 4. The molecule has 1 fully saturated rings. The lowest BCUT2D eigenvalue weighted by atomic mass is 9.95. The summed E-state index contributed by atoms with van der Waals surface area (Å²) in [6.45, 7) is 5.39. The molecular formula is C21H21BrO4S. The van der Waals surface area contributed by atoms with E-state index < -0.39 is 26.8 Å². The summed E-state index contributed by atoms with van der Waals surface area (Å²) in [5, 5.41) is 1.22. The highest BCUT2D eigenvalue weighted by Gasteiger charge is 2.59. The molecule has 2 aromatic carbocycles. The van der Waals surface area contributed by atoms with Gasteiger partial charge in [0.15, 0.2) is 9.84 Å². The predicted molar refractivity (Wildman–Crippen MR) is 108 cm³/mol. The van der Waals surface area contributed by atoms with Gasteiger partial charge in [-0.25, -0.2) is 8.42 Å². The SMILES string of the molecule is CC(C)(C)OC(=O)[C@]1(c2ccc(Br)cc2)C/C1=C\S(=O)(=O)c1ccccc1. The highest BCUT2D eigenvalue weighted by atomic mass is 79.9. The molecule has 1 saturated carbocycles. The maximum atomic E-state index is 13.0. The van der Waals surface area contributed by atoms with Crippen LogP contribution in [0.25, 0.3) is 0 Å². The Hall–Kier alpha value is -1.92. The summed E-state index contributed by atoms with van der Waals surface area (Å²) < 4.78 is 32.0. The largest absolute Gasteiger partial charge is 0.459 e. The molecule has 1 aliphatic rings. The van der Waals surface area contributed by atoms with E-state index in [2.05, 4.69) is 15.9 Å². The minimum Gasteiger partial charge on any atom is -0.459 e. The fourth-order valence-electron chi connectivity index (χ4n) is 2.96. The molecule has 0 bridgehead atoms. The van der Waals surface area contributed by atoms with Gasteiger partial charge in [0.1, 0.15) is 11.0 Å². The van der Waals surface area contributed by atoms with Crippen LogP contribution in [-0.4, -0.2) is 20.0 Å². The fourth-order valence-corrected chi connectivity index (χ4v) is 4.55. The van der Waals surface area contributed by atoms with Gasteiger partial charge in [-0.15, -0.1) is 0 Å². The smallest absolute Gasteiger partial charge is 0.321 e. The fraction of sp³-hybridized carbons (Fsp3) is 0.286. The van der Waals surface area contributed by atoms with Crippen LogP contribution in [-0.2, 0) is 24.8 Å². The summed E-state index contributed by atoms with van der Waals surface area (Å²) in [5.74, 6) is -0.424. The second-order valence-electron chi connectivity index (χ2n) is 7.59. The minimum atomic E-state index is -3.64. The molecule has 6 heteroatoms. The second kappa shape index (κ2) is 6.91. The van der Waals surface area contributed by atoms with E-state index in [9.17, 15) is 13.2 Å². The Morgan fingerprint density at radius 2 is 1.67 bits per heavy atom. The van der Waals surface area contributed by atoms with Crippen molar-refractivity contribution < 1.29 is 17.9 Å². The number of hydrogen-bond donors (Lipinski definition) is 0. The summed E-state index contributed by atoms with van der Waals surface area (Å²) in [4.78, 5) is 13.2. The van der Waals surface area contributed by atoms with Gasteiger partial charge in [0.25, 0.3) is 0 Å². The zero-order valence-corrected chi connectivity index (χ0v) is 17.8. The van der Waals surface area contributed by atoms with Crippen LogP contribution in [0.3, 0.4) is 0 Å². The van der Waals surface area contributed by atoms with E-state index in [4.69, 9.17) is 4.74 Å². The third-order valence-electron chi connectivity index (χ3n) is 4.33. The topological polar surface area (TPSA) is 60.4 Å². The van der Waals surface area contributed by atoms with Crippen molar-refractivity contribution in [3.05, 3.63) is 75.6 Å². The summed E-state index contributed by atoms with van der Waals surface area (Å²) in [6.07, 6.45) is 0.329. The van der Waals surface area contributed by atoms with Gasteiger partial charge >= 0.3 is 5.97 Å². The quantitative estimate of drug-likeness (QED) is 0.630. The molecule has 0 radical (unpaired) electrons. The lowest BCUT2D eigenvalue weighted by Gasteiger charge is -2.24. The van der Waals surface area contributed by atoms with E-state index in [0.717, 1.165) is 10.0 Å². The Kier molecular flexibility index (Phi) is 5.08. The summed E-state index contributed by atoms with van der Waals surface area (Å²) in [5.41, 5.74) is -0.432. The van der Waals surface area contributed by atoms with Crippen LogP contribution in [0.15, 0.2) is 74.9 Å². The van der Waals surface area contributed by atoms with Crippen molar-refractivity contribution in [3.63, 3.8) is 0 Å². The molecule has 142 valence electrons. The molecule has 2 aromatic rings. The van der Waals surface area contributed by atoms with Crippen LogP contribution < -0.4 is 0 Å². The van der Waals surface area contributed by atoms with Crippen molar-refractivity contribution >= 4 is 31.7 Å². The van der Waals surface area contributed by atoms with E-state index in [1.807, 2.05) is 24.3 Å². The molecule has 0 aromatic heterocycles. The van der Waals surface area contributed by atoms with Crippen LogP contribution in [0.4, 0.5) is 0 Å². The van der Waals surface area contributed by atoms with Crippen molar-refractivity contribution in [1.82, 2.24) is 0 Å². The van der Waals surface area contributed by atoms with Gasteiger partial charge in [-0.05, 0) is 62.6 Å². The first kappa shape index (κ1) is 19.8. The van der Waals surface area contributed by atoms with Gasteiger partial charge < -0.3 is 4.74 Å². The van der Waals surface area contributed by atoms with Gasteiger partial charge in [-0.1, -0.05) is 46.3 Å². The van der Waals surface area contributed by atoms with E-state index in [1.165, 1.54) is 5.41 Å². The Morgan fingerprint density at radius 3 is 2.22 bits per heavy atom. The summed E-state index contributed by atoms with van der Waals surface area (Å²) in [7, 11) is -3.64. The maximum absolute atomic E-state index is 13.0. The number of rotatable bonds is 4. The normalized spacial score (nSPS) is 21.1. The standard InChI is InChI=1S/C21H21BrO4S/c1-20(2,3)26-19(23)21(15-9-11-17(22)12-10-15)13-16(21)14-27(24,25)18-7-5-4-6-8-18/h4-12,14H,13H2,1-3H3/b16-14+/t21-/m0/s1. The van der Waals surface area contributed by atoms with Crippen molar-refractivity contribution in [2.24, 2.45) is 0 Å². The lowest BCUT2D eigenvalue weighted by Crippen LogP contribution is -2.32. The number of sulfone groups is 1. The van der Waals surface area contributed by atoms with Crippen LogP contribution in [0.2, 0.25) is 0 Å². The van der Waals surface area contributed by atoms with Crippen LogP contribution in [0, 0.1) is 0 Å². The molecule has 1 atom stereocenters. The van der Waals surface area contributed by atoms with Crippen LogP contribution in [0.5, 0.6) is 0 Å². The molecular weight excluding hydrogens is 428 g/mol. The average Bonchev–Trinajstić information content (AvgIpc) is 3.29. The van der Waals surface area contributed by atoms with E-state index in [0.29, 0.717) is 12.0 Å². The highest BCUT2D eigenvalue weighted by molar-refractivity contribution is 9.10. The lowest BCUT2D eigenvalue weighted by molar-refractivity contribution is -0.157. The minimum absolute atomic E-state index is 0.207. The molecule has 0 amide bonds. The number of ether oxygens (including phenoxy) is 1. The number of esters is 1. The Morgan fingerprint density at radius 1 is 1.07 bits per heavy atom. The first-order valence-electron chi connectivity index (χ1n) is 8.55. The monoisotopic (exact) mass is 448 g/mol. The van der Waals surface area contributed by atoms with Crippen molar-refractivity contribution in [1.29, 1.82) is 0 Å². The molecule has 27 heavy (non-hydrogen) atoms. The Balaban J connectivity index is 2.04. The van der Waals surface area contributed by atoms with Crippen LogP contribution in [0.1, 0.15) is 32.8 Å². The second-order valence-corrected chi connectivity index (χ2v) is 10.3. The zero-order chi connectivity index (χ0) is 19.9. The van der Waals surface area contributed by atoms with Crippen molar-refractivity contribution in [2.75, 3.05) is 0 Å². The van der Waals surface area contributed by atoms with Gasteiger partial charge in [0.2, 0.25) is 0 Å². The number of halogens is 1. The third-order valence-corrected chi connectivity index (χ3v) is 6.39. The molecule has 0 saturated heterocycles. The molecule has 1 aliphatic carbocycles. The first-order valence-corrected chi connectivity index (χ1v) is 10.9. The number of carbonyl (C=O) groups excluding carboxylic acids is 1. The highest BCUT2D eigenvalue weighted by Crippen LogP contribution is 2.56. The number of benzene rings is 2. The van der Waals surface area contributed by atoms with Gasteiger partial charge in [-0.2, -0.15) is 0 Å². The van der Waals surface area contributed by atoms with E-state index in [1.54, 1.807) is 51.1 Å². The Bertz CT molecular complexity index is 987. The molecule has 0 N–H and O–H groups in total. The Labute approximate surface area is 168 Å². The van der Waals surface area contributed by atoms with Crippen molar-refractivity contribution in [3.8, 4) is 0 Å². The third kappa shape index (κ3) is 4.17. The zero-order valence-electron chi connectivity index (χ0n) is 15.4. The summed E-state index contributed by atoms with van der Waals surface area (Å²) >= 11 is 3.39. The molecule has 0 spiro atoms. The van der Waals surface area contributed by atoms with E-state index in [-0.39, 0.29) is 4.90 Å². The molecule has 0 unspecified atom stereocenters. The van der Waals surface area contributed by atoms with Gasteiger partial charge in [0.05, 0.1) is 4.90 Å². The maximum Gasteiger partial charge on any atom is 0.321 e. The average molecular weight is 449 g/mol. The van der Waals surface area contributed by atoms with E-state index >= 15 is 0 Å². The molecule has 3 rings (SSSR count). The number of carbonyl (C=O) groups is 1. The van der Waals surface area contributed by atoms with Crippen molar-refractivity contribution in [2.45, 2.75) is 43.1 Å².